The molecule has 3 nitrogen and oxygen atoms in total. The van der Waals surface area contributed by atoms with Crippen LogP contribution < -0.4 is 4.90 Å². The van der Waals surface area contributed by atoms with E-state index >= 15 is 0 Å². The van der Waals surface area contributed by atoms with Crippen molar-refractivity contribution in [3.63, 3.8) is 0 Å². The molecule has 2 aromatic rings. The van der Waals surface area contributed by atoms with E-state index in [0.717, 1.165) is 36.6 Å². The number of alkyl halides is 1. The molecule has 4 heteroatoms. The molecule has 100 valence electrons. The lowest BCUT2D eigenvalue weighted by molar-refractivity contribution is 0.771. The molecule has 0 bridgehead atoms. The third kappa shape index (κ3) is 3.67. The topological polar surface area (TPSA) is 29.0 Å². The van der Waals surface area contributed by atoms with Crippen molar-refractivity contribution < 1.29 is 0 Å². The summed E-state index contributed by atoms with van der Waals surface area (Å²) in [7, 11) is 0. The van der Waals surface area contributed by atoms with E-state index in [-0.39, 0.29) is 0 Å². The molecular weight excluding hydrogens is 258 g/mol. The molecule has 0 amide bonds. The van der Waals surface area contributed by atoms with Gasteiger partial charge in [0.15, 0.2) is 5.82 Å². The number of benzene rings is 1. The maximum absolute atomic E-state index is 5.74. The Morgan fingerprint density at radius 2 is 1.84 bits per heavy atom. The van der Waals surface area contributed by atoms with E-state index < -0.39 is 0 Å². The predicted octanol–water partition coefficient (Wildman–Crippen LogP) is 4.15. The first-order chi connectivity index (χ1) is 9.35. The molecule has 0 radical (unpaired) electrons. The molecule has 0 N–H and O–H groups in total. The molecule has 0 aliphatic rings. The highest BCUT2D eigenvalue weighted by atomic mass is 35.5. The van der Waals surface area contributed by atoms with Crippen molar-refractivity contribution in [2.24, 2.45) is 0 Å². The predicted molar refractivity (Wildman–Crippen MR) is 79.9 cm³/mol. The molecule has 1 aromatic heterocycles. The molecule has 1 heterocycles. The Hall–Kier alpha value is -1.61. The maximum atomic E-state index is 5.74. The smallest absolute Gasteiger partial charge is 0.155 e. The fourth-order valence-electron chi connectivity index (χ4n) is 1.87. The van der Waals surface area contributed by atoms with E-state index in [9.17, 15) is 0 Å². The van der Waals surface area contributed by atoms with Crippen LogP contribution in [0, 0.1) is 0 Å². The number of aromatic nitrogens is 2. The van der Waals surface area contributed by atoms with E-state index in [0.29, 0.717) is 5.88 Å². The van der Waals surface area contributed by atoms with Gasteiger partial charge in [0.1, 0.15) is 0 Å². The molecule has 0 fully saturated rings. The zero-order valence-corrected chi connectivity index (χ0v) is 11.8. The second-order valence-electron chi connectivity index (χ2n) is 4.36. The molecule has 0 spiro atoms. The van der Waals surface area contributed by atoms with Gasteiger partial charge in [-0.05, 0) is 30.7 Å². The van der Waals surface area contributed by atoms with Crippen LogP contribution in [0.25, 0.3) is 0 Å². The van der Waals surface area contributed by atoms with Gasteiger partial charge in [0.05, 0.1) is 11.6 Å². The van der Waals surface area contributed by atoms with Crippen LogP contribution in [-0.2, 0) is 5.88 Å². The fraction of sp³-hybridized carbons (Fsp3) is 0.333. The van der Waals surface area contributed by atoms with Crippen molar-refractivity contribution in [3.05, 3.63) is 48.2 Å². The van der Waals surface area contributed by atoms with E-state index in [1.54, 1.807) is 0 Å². The van der Waals surface area contributed by atoms with Crippen molar-refractivity contribution in [2.75, 3.05) is 11.4 Å². The highest BCUT2D eigenvalue weighted by Crippen LogP contribution is 2.23. The zero-order chi connectivity index (χ0) is 13.5. The van der Waals surface area contributed by atoms with Crippen molar-refractivity contribution in [1.29, 1.82) is 0 Å². The summed E-state index contributed by atoms with van der Waals surface area (Å²) in [5.74, 6) is 1.27. The Morgan fingerprint density at radius 1 is 1.05 bits per heavy atom. The lowest BCUT2D eigenvalue weighted by Gasteiger charge is -2.23. The molecule has 2 rings (SSSR count). The molecule has 0 aliphatic heterocycles. The average molecular weight is 276 g/mol. The van der Waals surface area contributed by atoms with Gasteiger partial charge in [-0.15, -0.1) is 16.7 Å². The Kier molecular flexibility index (Phi) is 5.16. The SMILES string of the molecule is CCCCN(c1ccccc1)c1ccc(CCl)nn1. The van der Waals surface area contributed by atoms with Crippen LogP contribution in [-0.4, -0.2) is 16.7 Å². The minimum Gasteiger partial charge on any atom is -0.325 e. The van der Waals surface area contributed by atoms with Gasteiger partial charge in [-0.25, -0.2) is 0 Å². The zero-order valence-electron chi connectivity index (χ0n) is 11.1. The van der Waals surface area contributed by atoms with Gasteiger partial charge in [-0.1, -0.05) is 31.5 Å². The Balaban J connectivity index is 2.26. The molecule has 0 atom stereocenters. The number of nitrogens with zero attached hydrogens (tertiary/aromatic N) is 3. The lowest BCUT2D eigenvalue weighted by Crippen LogP contribution is -2.20. The first-order valence-electron chi connectivity index (χ1n) is 6.56. The van der Waals surface area contributed by atoms with Crippen LogP contribution in [0.15, 0.2) is 42.5 Å². The van der Waals surface area contributed by atoms with E-state index in [2.05, 4.69) is 34.2 Å². The van der Waals surface area contributed by atoms with Gasteiger partial charge in [0, 0.05) is 12.2 Å². The number of anilines is 2. The number of hydrogen-bond donors (Lipinski definition) is 0. The van der Waals surface area contributed by atoms with Gasteiger partial charge in [-0.2, -0.15) is 5.10 Å². The summed E-state index contributed by atoms with van der Waals surface area (Å²) in [4.78, 5) is 2.19. The van der Waals surface area contributed by atoms with Crippen LogP contribution in [0.5, 0.6) is 0 Å². The average Bonchev–Trinajstić information content (AvgIpc) is 2.49. The largest absolute Gasteiger partial charge is 0.325 e. The third-order valence-corrected chi connectivity index (χ3v) is 3.20. The minimum atomic E-state index is 0.396. The van der Waals surface area contributed by atoms with Gasteiger partial charge < -0.3 is 4.90 Å². The van der Waals surface area contributed by atoms with Crippen molar-refractivity contribution in [3.8, 4) is 0 Å². The second-order valence-corrected chi connectivity index (χ2v) is 4.62. The number of rotatable bonds is 6. The Bertz CT molecular complexity index is 485. The molecule has 0 saturated heterocycles. The summed E-state index contributed by atoms with van der Waals surface area (Å²) in [6.45, 7) is 3.13. The van der Waals surface area contributed by atoms with Crippen molar-refractivity contribution >= 4 is 23.1 Å². The highest BCUT2D eigenvalue weighted by Gasteiger charge is 2.10. The molecule has 0 saturated carbocycles. The van der Waals surface area contributed by atoms with Crippen LogP contribution in [0.1, 0.15) is 25.5 Å². The maximum Gasteiger partial charge on any atom is 0.155 e. The summed E-state index contributed by atoms with van der Waals surface area (Å²) >= 11 is 5.74. The molecule has 1 aromatic carbocycles. The van der Waals surface area contributed by atoms with Crippen LogP contribution in [0.2, 0.25) is 0 Å². The fourth-order valence-corrected chi connectivity index (χ4v) is 2.01. The third-order valence-electron chi connectivity index (χ3n) is 2.92. The van der Waals surface area contributed by atoms with Gasteiger partial charge in [0.2, 0.25) is 0 Å². The van der Waals surface area contributed by atoms with Crippen LogP contribution in [0.4, 0.5) is 11.5 Å². The van der Waals surface area contributed by atoms with Crippen LogP contribution >= 0.6 is 11.6 Å². The summed E-state index contributed by atoms with van der Waals surface area (Å²) in [5.41, 5.74) is 1.94. The lowest BCUT2D eigenvalue weighted by atomic mass is 10.2. The Morgan fingerprint density at radius 3 is 2.42 bits per heavy atom. The first kappa shape index (κ1) is 13.8. The standard InChI is InChI=1S/C15H18ClN3/c1-2-3-11-19(14-7-5-4-6-8-14)15-10-9-13(12-16)17-18-15/h4-10H,2-3,11-12H2,1H3. The summed E-state index contributed by atoms with van der Waals surface area (Å²) < 4.78 is 0. The van der Waals surface area contributed by atoms with Gasteiger partial charge >= 0.3 is 0 Å². The van der Waals surface area contributed by atoms with E-state index in [1.165, 1.54) is 0 Å². The summed E-state index contributed by atoms with van der Waals surface area (Å²) in [6.07, 6.45) is 2.27. The molecule has 19 heavy (non-hydrogen) atoms. The van der Waals surface area contributed by atoms with Gasteiger partial charge in [-0.3, -0.25) is 0 Å². The van der Waals surface area contributed by atoms with E-state index in [1.807, 2.05) is 30.3 Å². The van der Waals surface area contributed by atoms with E-state index in [4.69, 9.17) is 11.6 Å². The second kappa shape index (κ2) is 7.10. The monoisotopic (exact) mass is 275 g/mol. The number of halogens is 1. The Labute approximate surface area is 119 Å². The number of hydrogen-bond acceptors (Lipinski definition) is 3. The summed E-state index contributed by atoms with van der Waals surface area (Å²) in [6, 6.07) is 14.2. The minimum absolute atomic E-state index is 0.396. The van der Waals surface area contributed by atoms with Crippen molar-refractivity contribution in [2.45, 2.75) is 25.6 Å². The molecule has 0 aliphatic carbocycles. The summed E-state index contributed by atoms with van der Waals surface area (Å²) in [5, 5.41) is 8.40. The normalized spacial score (nSPS) is 10.4. The number of para-hydroxylation sites is 1. The molecular formula is C15H18ClN3. The quantitative estimate of drug-likeness (QED) is 0.742. The number of unbranched alkanes of at least 4 members (excludes halogenated alkanes) is 1. The van der Waals surface area contributed by atoms with Crippen molar-refractivity contribution in [1.82, 2.24) is 10.2 Å². The molecule has 0 unspecified atom stereocenters. The van der Waals surface area contributed by atoms with Gasteiger partial charge in [0.25, 0.3) is 0 Å². The first-order valence-corrected chi connectivity index (χ1v) is 7.09. The van der Waals surface area contributed by atoms with Crippen LogP contribution in [0.3, 0.4) is 0 Å². The highest BCUT2D eigenvalue weighted by molar-refractivity contribution is 6.16.